The number of anilines is 3. The molecule has 1 atom stereocenters. The van der Waals surface area contributed by atoms with Crippen molar-refractivity contribution in [3.05, 3.63) is 71.9 Å². The van der Waals surface area contributed by atoms with Gasteiger partial charge in [0.15, 0.2) is 0 Å². The summed E-state index contributed by atoms with van der Waals surface area (Å²) >= 11 is 0. The molecule has 7 nitrogen and oxygen atoms in total. The predicted octanol–water partition coefficient (Wildman–Crippen LogP) is 4.91. The fraction of sp³-hybridized carbons (Fsp3) is 0.346. The van der Waals surface area contributed by atoms with Crippen LogP contribution in [-0.4, -0.2) is 35.6 Å². The molecule has 0 fully saturated rings. The van der Waals surface area contributed by atoms with Gasteiger partial charge in [-0.3, -0.25) is 4.79 Å². The molecule has 0 radical (unpaired) electrons. The first-order chi connectivity index (χ1) is 15.9. The molecule has 0 aliphatic heterocycles. The van der Waals surface area contributed by atoms with Crippen LogP contribution in [0, 0.1) is 12.8 Å². The Labute approximate surface area is 196 Å². The van der Waals surface area contributed by atoms with Crippen molar-refractivity contribution in [2.24, 2.45) is 5.92 Å². The molecule has 2 aromatic carbocycles. The second kappa shape index (κ2) is 11.9. The molecule has 174 valence electrons. The normalized spacial score (nSPS) is 11.7. The molecule has 3 rings (SSSR count). The molecule has 3 N–H and O–H groups in total. The summed E-state index contributed by atoms with van der Waals surface area (Å²) < 4.78 is 5.18. The van der Waals surface area contributed by atoms with Gasteiger partial charge in [-0.2, -0.15) is 4.98 Å². The third kappa shape index (κ3) is 7.79. The lowest BCUT2D eigenvalue weighted by Gasteiger charge is -2.21. The molecule has 0 aliphatic carbocycles. The predicted molar refractivity (Wildman–Crippen MR) is 134 cm³/mol. The van der Waals surface area contributed by atoms with Crippen LogP contribution < -0.4 is 20.7 Å². The van der Waals surface area contributed by atoms with Crippen molar-refractivity contribution in [3.63, 3.8) is 0 Å². The summed E-state index contributed by atoms with van der Waals surface area (Å²) in [4.78, 5) is 22.1. The van der Waals surface area contributed by atoms with Crippen LogP contribution in [0.2, 0.25) is 0 Å². The van der Waals surface area contributed by atoms with Crippen LogP contribution in [0.25, 0.3) is 0 Å². The maximum Gasteiger partial charge on any atom is 0.246 e. The Balaban J connectivity index is 1.66. The van der Waals surface area contributed by atoms with E-state index in [1.54, 1.807) is 7.11 Å². The highest BCUT2D eigenvalue weighted by Crippen LogP contribution is 2.18. The molecule has 0 saturated heterocycles. The summed E-state index contributed by atoms with van der Waals surface area (Å²) in [6.07, 6.45) is 1.54. The lowest BCUT2D eigenvalue weighted by molar-refractivity contribution is -0.117. The van der Waals surface area contributed by atoms with E-state index in [4.69, 9.17) is 4.74 Å². The Bertz CT molecular complexity index is 1020. The van der Waals surface area contributed by atoms with Crippen LogP contribution in [-0.2, 0) is 11.2 Å². The molecule has 33 heavy (non-hydrogen) atoms. The maximum atomic E-state index is 13.0. The summed E-state index contributed by atoms with van der Waals surface area (Å²) in [5.41, 5.74) is 2.80. The number of aromatic nitrogens is 2. The number of rotatable bonds is 11. The minimum Gasteiger partial charge on any atom is -0.497 e. The quantitative estimate of drug-likeness (QED) is 0.387. The number of nitrogens with one attached hydrogen (secondary N) is 3. The van der Waals surface area contributed by atoms with E-state index in [2.05, 4.69) is 51.9 Å². The number of ether oxygens (including phenoxy) is 1. The zero-order valence-corrected chi connectivity index (χ0v) is 19.8. The fourth-order valence-corrected chi connectivity index (χ4v) is 3.47. The monoisotopic (exact) mass is 447 g/mol. The number of aryl methyl sites for hydroxylation is 1. The second-order valence-corrected chi connectivity index (χ2v) is 8.42. The highest BCUT2D eigenvalue weighted by atomic mass is 16.5. The number of carbonyl (C=O) groups excluding carboxylic acids is 1. The summed E-state index contributed by atoms with van der Waals surface area (Å²) in [6, 6.07) is 19.0. The topological polar surface area (TPSA) is 88.2 Å². The SMILES string of the molecule is COc1ccc(NC(=O)[C@H](CC(C)C)Nc2cc(C)nc(NCCc3ccccc3)n2)cc1. The first kappa shape index (κ1) is 24.0. The van der Waals surface area contributed by atoms with E-state index < -0.39 is 6.04 Å². The van der Waals surface area contributed by atoms with E-state index >= 15 is 0 Å². The third-order valence-corrected chi connectivity index (χ3v) is 5.10. The average molecular weight is 448 g/mol. The maximum absolute atomic E-state index is 13.0. The standard InChI is InChI=1S/C26H33N5O2/c1-18(2)16-23(25(32)29-21-10-12-22(33-4)13-11-21)30-24-17-19(3)28-26(31-24)27-15-14-20-8-6-5-7-9-20/h5-13,17-18,23H,14-16H2,1-4H3,(H,29,32)(H2,27,28,30,31)/t23-/m0/s1. The first-order valence-corrected chi connectivity index (χ1v) is 11.3. The molecule has 3 aromatic rings. The Morgan fingerprint density at radius 2 is 1.76 bits per heavy atom. The highest BCUT2D eigenvalue weighted by Gasteiger charge is 2.21. The molecule has 0 bridgehead atoms. The number of benzene rings is 2. The van der Waals surface area contributed by atoms with Crippen molar-refractivity contribution in [2.45, 2.75) is 39.7 Å². The Morgan fingerprint density at radius 1 is 1.03 bits per heavy atom. The lowest BCUT2D eigenvalue weighted by atomic mass is 10.0. The van der Waals surface area contributed by atoms with Crippen LogP contribution >= 0.6 is 0 Å². The van der Waals surface area contributed by atoms with E-state index in [1.807, 2.05) is 55.5 Å². The van der Waals surface area contributed by atoms with Gasteiger partial charge in [-0.15, -0.1) is 0 Å². The zero-order chi connectivity index (χ0) is 23.6. The number of hydrogen-bond acceptors (Lipinski definition) is 6. The Hall–Kier alpha value is -3.61. The summed E-state index contributed by atoms with van der Waals surface area (Å²) in [6.45, 7) is 6.83. The van der Waals surface area contributed by atoms with Crippen molar-refractivity contribution in [2.75, 3.05) is 29.6 Å². The van der Waals surface area contributed by atoms with Gasteiger partial charge in [0.25, 0.3) is 0 Å². The molecule has 0 unspecified atom stereocenters. The Morgan fingerprint density at radius 3 is 2.42 bits per heavy atom. The van der Waals surface area contributed by atoms with Crippen molar-refractivity contribution in [1.82, 2.24) is 9.97 Å². The van der Waals surface area contributed by atoms with Gasteiger partial charge in [0.1, 0.15) is 17.6 Å². The number of methoxy groups -OCH3 is 1. The molecule has 0 aliphatic rings. The number of hydrogen-bond donors (Lipinski definition) is 3. The molecular weight excluding hydrogens is 414 g/mol. The minimum atomic E-state index is -0.432. The Kier molecular flexibility index (Phi) is 8.63. The van der Waals surface area contributed by atoms with Gasteiger partial charge in [0, 0.05) is 24.0 Å². The van der Waals surface area contributed by atoms with Gasteiger partial charge in [0.05, 0.1) is 7.11 Å². The number of carbonyl (C=O) groups is 1. The van der Waals surface area contributed by atoms with Crippen LogP contribution in [0.4, 0.5) is 17.5 Å². The van der Waals surface area contributed by atoms with E-state index in [1.165, 1.54) is 5.56 Å². The average Bonchev–Trinajstić information content (AvgIpc) is 2.79. The molecule has 0 saturated carbocycles. The molecule has 1 amide bonds. The third-order valence-electron chi connectivity index (χ3n) is 5.10. The second-order valence-electron chi connectivity index (χ2n) is 8.42. The number of nitrogens with zero attached hydrogens (tertiary/aromatic N) is 2. The fourth-order valence-electron chi connectivity index (χ4n) is 3.47. The van der Waals surface area contributed by atoms with Crippen LogP contribution in [0.1, 0.15) is 31.5 Å². The van der Waals surface area contributed by atoms with E-state index in [0.717, 1.165) is 30.1 Å². The lowest BCUT2D eigenvalue weighted by Crippen LogP contribution is -2.36. The van der Waals surface area contributed by atoms with Crippen molar-refractivity contribution < 1.29 is 9.53 Å². The summed E-state index contributed by atoms with van der Waals surface area (Å²) in [5, 5.41) is 9.59. The van der Waals surface area contributed by atoms with Gasteiger partial charge in [-0.05, 0) is 55.5 Å². The molecular formula is C26H33N5O2. The molecule has 0 spiro atoms. The highest BCUT2D eigenvalue weighted by molar-refractivity contribution is 5.96. The smallest absolute Gasteiger partial charge is 0.246 e. The minimum absolute atomic E-state index is 0.108. The molecule has 7 heteroatoms. The molecule has 1 aromatic heterocycles. The summed E-state index contributed by atoms with van der Waals surface area (Å²) in [7, 11) is 1.62. The van der Waals surface area contributed by atoms with Gasteiger partial charge in [-0.1, -0.05) is 44.2 Å². The van der Waals surface area contributed by atoms with Gasteiger partial charge < -0.3 is 20.7 Å². The van der Waals surface area contributed by atoms with Gasteiger partial charge in [0.2, 0.25) is 11.9 Å². The largest absolute Gasteiger partial charge is 0.497 e. The number of amides is 1. The van der Waals surface area contributed by atoms with E-state index in [-0.39, 0.29) is 5.91 Å². The van der Waals surface area contributed by atoms with Gasteiger partial charge >= 0.3 is 0 Å². The van der Waals surface area contributed by atoms with E-state index in [9.17, 15) is 4.79 Å². The molecule has 1 heterocycles. The zero-order valence-electron chi connectivity index (χ0n) is 19.8. The van der Waals surface area contributed by atoms with Crippen molar-refractivity contribution >= 4 is 23.4 Å². The summed E-state index contributed by atoms with van der Waals surface area (Å²) in [5.74, 6) is 2.14. The van der Waals surface area contributed by atoms with E-state index in [0.29, 0.717) is 24.1 Å². The van der Waals surface area contributed by atoms with Crippen LogP contribution in [0.15, 0.2) is 60.7 Å². The van der Waals surface area contributed by atoms with Crippen molar-refractivity contribution in [3.8, 4) is 5.75 Å². The van der Waals surface area contributed by atoms with Crippen molar-refractivity contribution in [1.29, 1.82) is 0 Å². The van der Waals surface area contributed by atoms with Crippen LogP contribution in [0.5, 0.6) is 5.75 Å². The van der Waals surface area contributed by atoms with Crippen LogP contribution in [0.3, 0.4) is 0 Å². The first-order valence-electron chi connectivity index (χ1n) is 11.3. The van der Waals surface area contributed by atoms with Gasteiger partial charge in [-0.25, -0.2) is 4.98 Å².